The molecule has 2 aromatic rings. The summed E-state index contributed by atoms with van der Waals surface area (Å²) in [7, 11) is 0. The fraction of sp³-hybridized carbons (Fsp3) is 0.391. The first-order valence-electron chi connectivity index (χ1n) is 10.1. The first-order valence-corrected chi connectivity index (χ1v) is 10.9. The second kappa shape index (κ2) is 8.82. The molecule has 0 spiro atoms. The van der Waals surface area contributed by atoms with Gasteiger partial charge in [0.15, 0.2) is 6.10 Å². The maximum Gasteiger partial charge on any atom is 0.349 e. The molecule has 2 aliphatic rings. The van der Waals surface area contributed by atoms with E-state index in [1.165, 1.54) is 29.8 Å². The number of ether oxygens (including phenoxy) is 2. The van der Waals surface area contributed by atoms with Crippen molar-refractivity contribution in [3.05, 3.63) is 52.4 Å². The lowest BCUT2D eigenvalue weighted by molar-refractivity contribution is -0.129. The number of carbonyl (C=O) groups is 2. The van der Waals surface area contributed by atoms with Crippen LogP contribution in [0.5, 0.6) is 5.75 Å². The Kier molecular flexibility index (Phi) is 6.00. The van der Waals surface area contributed by atoms with Crippen LogP contribution in [0.4, 0.5) is 0 Å². The quantitative estimate of drug-likeness (QED) is 0.545. The molecular weight excluding hydrogens is 386 g/mol. The van der Waals surface area contributed by atoms with Crippen LogP contribution in [0.15, 0.2) is 42.0 Å². The van der Waals surface area contributed by atoms with Crippen LogP contribution in [0.1, 0.15) is 54.3 Å². The van der Waals surface area contributed by atoms with Gasteiger partial charge in [0, 0.05) is 22.5 Å². The lowest BCUT2D eigenvalue weighted by Crippen LogP contribution is -2.36. The molecule has 0 saturated carbocycles. The zero-order chi connectivity index (χ0) is 20.2. The van der Waals surface area contributed by atoms with Crippen molar-refractivity contribution in [2.45, 2.75) is 51.7 Å². The molecule has 1 aliphatic carbocycles. The molecule has 0 unspecified atom stereocenters. The fourth-order valence-corrected chi connectivity index (χ4v) is 4.77. The third-order valence-corrected chi connectivity index (χ3v) is 6.50. The minimum absolute atomic E-state index is 0.259. The summed E-state index contributed by atoms with van der Waals surface area (Å²) in [4.78, 5) is 26.4. The standard InChI is InChI=1S/C23H25NO4S/c1-15(22(25)24-12-11-16-7-3-2-4-8-16)28-23(26)20-13-17-14-27-19-10-6-5-9-18(19)21(17)29-20/h5-7,9-10,13,15H,2-4,8,11-12,14H2,1H3,(H,24,25)/t15-/m0/s1. The van der Waals surface area contributed by atoms with E-state index in [0.29, 0.717) is 18.0 Å². The zero-order valence-electron chi connectivity index (χ0n) is 16.5. The van der Waals surface area contributed by atoms with E-state index in [9.17, 15) is 9.59 Å². The van der Waals surface area contributed by atoms with E-state index < -0.39 is 12.1 Å². The Morgan fingerprint density at radius 2 is 2.14 bits per heavy atom. The minimum Gasteiger partial charge on any atom is -0.488 e. The van der Waals surface area contributed by atoms with Gasteiger partial charge in [0.1, 0.15) is 17.2 Å². The minimum atomic E-state index is -0.828. The third kappa shape index (κ3) is 4.53. The second-order valence-electron chi connectivity index (χ2n) is 7.45. The van der Waals surface area contributed by atoms with Crippen molar-refractivity contribution >= 4 is 23.2 Å². The van der Waals surface area contributed by atoms with Gasteiger partial charge >= 0.3 is 5.97 Å². The van der Waals surface area contributed by atoms with Gasteiger partial charge in [0.05, 0.1) is 0 Å². The van der Waals surface area contributed by atoms with Gasteiger partial charge in [0.25, 0.3) is 5.91 Å². The van der Waals surface area contributed by atoms with Gasteiger partial charge in [-0.25, -0.2) is 4.79 Å². The summed E-state index contributed by atoms with van der Waals surface area (Å²) in [5.74, 6) is 0.0897. The molecule has 1 aliphatic heterocycles. The largest absolute Gasteiger partial charge is 0.488 e. The van der Waals surface area contributed by atoms with E-state index >= 15 is 0 Å². The highest BCUT2D eigenvalue weighted by Crippen LogP contribution is 2.42. The van der Waals surface area contributed by atoms with Crippen LogP contribution in [-0.2, 0) is 16.1 Å². The first-order chi connectivity index (χ1) is 14.1. The highest BCUT2D eigenvalue weighted by molar-refractivity contribution is 7.17. The molecule has 1 amide bonds. The lowest BCUT2D eigenvalue weighted by Gasteiger charge is -2.16. The maximum absolute atomic E-state index is 12.6. The molecule has 0 saturated heterocycles. The van der Waals surface area contributed by atoms with E-state index in [4.69, 9.17) is 9.47 Å². The zero-order valence-corrected chi connectivity index (χ0v) is 17.3. The molecule has 6 heteroatoms. The van der Waals surface area contributed by atoms with Crippen molar-refractivity contribution in [2.75, 3.05) is 6.54 Å². The Morgan fingerprint density at radius 3 is 2.97 bits per heavy atom. The Morgan fingerprint density at radius 1 is 1.28 bits per heavy atom. The monoisotopic (exact) mass is 411 g/mol. The molecule has 1 aromatic carbocycles. The van der Waals surface area contributed by atoms with Crippen molar-refractivity contribution < 1.29 is 19.1 Å². The molecule has 2 heterocycles. The van der Waals surface area contributed by atoms with Crippen LogP contribution in [0.25, 0.3) is 10.4 Å². The van der Waals surface area contributed by atoms with Crippen LogP contribution in [0.2, 0.25) is 0 Å². The van der Waals surface area contributed by atoms with E-state index in [0.717, 1.165) is 41.0 Å². The number of carbonyl (C=O) groups excluding carboxylic acids is 2. The van der Waals surface area contributed by atoms with E-state index in [-0.39, 0.29) is 5.91 Å². The van der Waals surface area contributed by atoms with Crippen LogP contribution in [0, 0.1) is 0 Å². The number of nitrogens with one attached hydrogen (secondary N) is 1. The van der Waals surface area contributed by atoms with Crippen molar-refractivity contribution in [1.82, 2.24) is 5.32 Å². The topological polar surface area (TPSA) is 64.6 Å². The number of hydrogen-bond donors (Lipinski definition) is 1. The molecule has 4 rings (SSSR count). The summed E-state index contributed by atoms with van der Waals surface area (Å²) >= 11 is 1.38. The smallest absolute Gasteiger partial charge is 0.349 e. The summed E-state index contributed by atoms with van der Waals surface area (Å²) in [5, 5.41) is 2.87. The molecular formula is C23H25NO4S. The van der Waals surface area contributed by atoms with Gasteiger partial charge in [-0.1, -0.05) is 23.8 Å². The third-order valence-electron chi connectivity index (χ3n) is 5.31. The van der Waals surface area contributed by atoms with Gasteiger partial charge in [0.2, 0.25) is 0 Å². The van der Waals surface area contributed by atoms with Gasteiger partial charge in [-0.15, -0.1) is 11.3 Å². The van der Waals surface area contributed by atoms with Gasteiger partial charge in [-0.3, -0.25) is 4.79 Å². The summed E-state index contributed by atoms with van der Waals surface area (Å²) in [5.41, 5.74) is 3.37. The van der Waals surface area contributed by atoms with Crippen LogP contribution < -0.4 is 10.1 Å². The number of hydrogen-bond acceptors (Lipinski definition) is 5. The van der Waals surface area contributed by atoms with E-state index in [1.54, 1.807) is 13.0 Å². The van der Waals surface area contributed by atoms with E-state index in [1.807, 2.05) is 24.3 Å². The highest BCUT2D eigenvalue weighted by Gasteiger charge is 2.25. The normalized spacial score (nSPS) is 16.0. The van der Waals surface area contributed by atoms with Gasteiger partial charge < -0.3 is 14.8 Å². The second-order valence-corrected chi connectivity index (χ2v) is 8.50. The summed E-state index contributed by atoms with van der Waals surface area (Å²) in [6.07, 6.45) is 7.06. The van der Waals surface area contributed by atoms with Crippen LogP contribution in [-0.4, -0.2) is 24.5 Å². The number of allylic oxidation sites excluding steroid dienone is 1. The summed E-state index contributed by atoms with van der Waals surface area (Å²) < 4.78 is 11.2. The molecule has 152 valence electrons. The Labute approximate surface area is 174 Å². The number of para-hydroxylation sites is 1. The fourth-order valence-electron chi connectivity index (χ4n) is 3.69. The van der Waals surface area contributed by atoms with Crippen molar-refractivity contribution in [2.24, 2.45) is 0 Å². The Bertz CT molecular complexity index is 946. The molecule has 5 nitrogen and oxygen atoms in total. The number of fused-ring (bicyclic) bond motifs is 3. The average Bonchev–Trinajstić information content (AvgIpc) is 3.19. The molecule has 29 heavy (non-hydrogen) atoms. The summed E-state index contributed by atoms with van der Waals surface area (Å²) in [6, 6.07) is 9.59. The van der Waals surface area contributed by atoms with Crippen LogP contribution in [0.3, 0.4) is 0 Å². The van der Waals surface area contributed by atoms with Crippen molar-refractivity contribution in [1.29, 1.82) is 0 Å². The number of amides is 1. The summed E-state index contributed by atoms with van der Waals surface area (Å²) in [6.45, 7) is 2.62. The predicted molar refractivity (Wildman–Crippen MR) is 113 cm³/mol. The molecule has 1 aromatic heterocycles. The van der Waals surface area contributed by atoms with E-state index in [2.05, 4.69) is 11.4 Å². The molecule has 1 atom stereocenters. The van der Waals surface area contributed by atoms with Gasteiger partial charge in [-0.2, -0.15) is 0 Å². The number of benzene rings is 1. The molecule has 0 fully saturated rings. The molecule has 1 N–H and O–H groups in total. The predicted octanol–water partition coefficient (Wildman–Crippen LogP) is 4.86. The number of esters is 1. The lowest BCUT2D eigenvalue weighted by atomic mass is 9.97. The molecule has 0 radical (unpaired) electrons. The maximum atomic E-state index is 12.6. The average molecular weight is 412 g/mol. The van der Waals surface area contributed by atoms with Crippen LogP contribution >= 0.6 is 11.3 Å². The first kappa shape index (κ1) is 19.7. The molecule has 0 bridgehead atoms. The Balaban J connectivity index is 1.33. The van der Waals surface area contributed by atoms with Gasteiger partial charge in [-0.05, 0) is 57.2 Å². The number of thiophene rings is 1. The Hall–Kier alpha value is -2.60. The van der Waals surface area contributed by atoms with Crippen molar-refractivity contribution in [3.63, 3.8) is 0 Å². The number of rotatable bonds is 6. The van der Waals surface area contributed by atoms with Crippen molar-refractivity contribution in [3.8, 4) is 16.2 Å². The SMILES string of the molecule is C[C@H](OC(=O)c1cc2c(s1)-c1ccccc1OC2)C(=O)NCCC1=CCCCC1. The highest BCUT2D eigenvalue weighted by atomic mass is 32.1.